The van der Waals surface area contributed by atoms with Crippen LogP contribution in [0.2, 0.25) is 0 Å². The van der Waals surface area contributed by atoms with Gasteiger partial charge in [-0.25, -0.2) is 4.98 Å². The molecule has 0 N–H and O–H groups in total. The molecule has 3 aromatic heterocycles. The first kappa shape index (κ1) is 18.1. The van der Waals surface area contributed by atoms with Gasteiger partial charge in [0.2, 0.25) is 0 Å². The van der Waals surface area contributed by atoms with Crippen LogP contribution in [0.3, 0.4) is 0 Å². The lowest BCUT2D eigenvalue weighted by Gasteiger charge is -2.42. The van der Waals surface area contributed by atoms with Gasteiger partial charge in [-0.2, -0.15) is 4.98 Å². The Bertz CT molecular complexity index is 1310. The quantitative estimate of drug-likeness (QED) is 0.513. The summed E-state index contributed by atoms with van der Waals surface area (Å²) in [5.74, 6) is 2.48. The average molecular weight is 414 g/mol. The topological polar surface area (TPSA) is 82.0 Å². The predicted octanol–water partition coefficient (Wildman–Crippen LogP) is 2.92. The zero-order chi connectivity index (χ0) is 20.9. The number of imidazole rings is 1. The highest BCUT2D eigenvalue weighted by atomic mass is 16.5. The van der Waals surface area contributed by atoms with E-state index in [1.165, 1.54) is 0 Å². The molecule has 0 saturated carbocycles. The zero-order valence-corrected chi connectivity index (χ0v) is 17.2. The standard InChI is InChI=1S/C23H22N6O2/c1-27-10-9-24-20(27)18-7-8-19-17-11-15(13-29(19)22(18)30)12-28(14-17)23-25-21(31-26-23)16-5-3-2-4-6-16/h2-10,15,17H,11-14H2,1H3/t15-,17+/m0/s1. The Hall–Kier alpha value is -3.68. The van der Waals surface area contributed by atoms with Gasteiger partial charge in [0.15, 0.2) is 0 Å². The molecule has 2 aliphatic heterocycles. The summed E-state index contributed by atoms with van der Waals surface area (Å²) < 4.78 is 9.35. The Morgan fingerprint density at radius 2 is 1.94 bits per heavy atom. The van der Waals surface area contributed by atoms with Gasteiger partial charge < -0.3 is 18.6 Å². The van der Waals surface area contributed by atoms with Crippen LogP contribution in [-0.4, -0.2) is 37.3 Å². The first-order valence-electron chi connectivity index (χ1n) is 10.5. The van der Waals surface area contributed by atoms with Crippen LogP contribution < -0.4 is 10.5 Å². The first-order chi connectivity index (χ1) is 15.2. The SMILES string of the molecule is Cn1ccnc1-c1ccc2n(c1=O)C[C@H]1C[C@@H]2CN(c2noc(-c3ccccc3)n2)C1. The van der Waals surface area contributed by atoms with Crippen molar-refractivity contribution in [3.63, 3.8) is 0 Å². The van der Waals surface area contributed by atoms with E-state index in [0.29, 0.717) is 35.7 Å². The van der Waals surface area contributed by atoms with E-state index in [0.717, 1.165) is 30.8 Å². The molecule has 2 atom stereocenters. The van der Waals surface area contributed by atoms with Crippen LogP contribution in [0.4, 0.5) is 5.95 Å². The van der Waals surface area contributed by atoms with Gasteiger partial charge in [-0.15, -0.1) is 0 Å². The lowest BCUT2D eigenvalue weighted by molar-refractivity contribution is 0.278. The van der Waals surface area contributed by atoms with Gasteiger partial charge in [0.05, 0.1) is 5.56 Å². The normalized spacial score (nSPS) is 20.0. The minimum absolute atomic E-state index is 0.0425. The van der Waals surface area contributed by atoms with E-state index in [1.807, 2.05) is 58.8 Å². The van der Waals surface area contributed by atoms with Gasteiger partial charge in [0.25, 0.3) is 17.4 Å². The largest absolute Gasteiger partial charge is 0.337 e. The molecule has 0 spiro atoms. The Kier molecular flexibility index (Phi) is 4.05. The average Bonchev–Trinajstić information content (AvgIpc) is 3.45. The minimum Gasteiger partial charge on any atom is -0.337 e. The van der Waals surface area contributed by atoms with Crippen molar-refractivity contribution in [3.05, 3.63) is 70.9 Å². The van der Waals surface area contributed by atoms with Crippen LogP contribution in [-0.2, 0) is 13.6 Å². The van der Waals surface area contributed by atoms with Crippen molar-refractivity contribution in [1.29, 1.82) is 0 Å². The van der Waals surface area contributed by atoms with Crippen molar-refractivity contribution >= 4 is 5.95 Å². The monoisotopic (exact) mass is 414 g/mol. The number of benzene rings is 1. The number of fused-ring (bicyclic) bond motifs is 4. The number of aryl methyl sites for hydroxylation is 1. The summed E-state index contributed by atoms with van der Waals surface area (Å²) >= 11 is 0. The first-order valence-corrected chi connectivity index (χ1v) is 10.5. The van der Waals surface area contributed by atoms with Crippen LogP contribution in [0.25, 0.3) is 22.8 Å². The molecule has 0 radical (unpaired) electrons. The molecule has 0 amide bonds. The molecule has 2 aliphatic rings. The summed E-state index contributed by atoms with van der Waals surface area (Å²) in [6.07, 6.45) is 4.65. The molecule has 0 unspecified atom stereocenters. The van der Waals surface area contributed by atoms with Crippen LogP contribution in [0.1, 0.15) is 18.0 Å². The molecule has 31 heavy (non-hydrogen) atoms. The molecule has 8 heteroatoms. The maximum atomic E-state index is 13.3. The third-order valence-corrected chi connectivity index (χ3v) is 6.39. The number of anilines is 1. The van der Waals surface area contributed by atoms with E-state index in [1.54, 1.807) is 6.20 Å². The van der Waals surface area contributed by atoms with E-state index in [9.17, 15) is 4.79 Å². The molecule has 1 fully saturated rings. The smallest absolute Gasteiger partial charge is 0.266 e. The summed E-state index contributed by atoms with van der Waals surface area (Å²) in [5, 5.41) is 4.23. The number of piperidine rings is 1. The van der Waals surface area contributed by atoms with Crippen LogP contribution in [0.15, 0.2) is 64.2 Å². The van der Waals surface area contributed by atoms with Gasteiger partial charge in [-0.05, 0) is 41.8 Å². The fourth-order valence-electron chi connectivity index (χ4n) is 4.95. The minimum atomic E-state index is 0.0425. The van der Waals surface area contributed by atoms with Crippen LogP contribution in [0.5, 0.6) is 0 Å². The second-order valence-corrected chi connectivity index (χ2v) is 8.42. The fraction of sp³-hybridized carbons (Fsp3) is 0.304. The van der Waals surface area contributed by atoms with E-state index in [-0.39, 0.29) is 11.5 Å². The molecule has 1 saturated heterocycles. The van der Waals surface area contributed by atoms with Crippen molar-refractivity contribution in [1.82, 2.24) is 24.3 Å². The second-order valence-electron chi connectivity index (χ2n) is 8.42. The molecular formula is C23H22N6O2. The summed E-state index contributed by atoms with van der Waals surface area (Å²) in [7, 11) is 1.91. The van der Waals surface area contributed by atoms with Gasteiger partial charge in [-0.3, -0.25) is 4.79 Å². The zero-order valence-electron chi connectivity index (χ0n) is 17.2. The van der Waals surface area contributed by atoms with Crippen molar-refractivity contribution in [2.24, 2.45) is 13.0 Å². The van der Waals surface area contributed by atoms with Crippen molar-refractivity contribution < 1.29 is 4.52 Å². The molecule has 1 aromatic carbocycles. The predicted molar refractivity (Wildman–Crippen MR) is 116 cm³/mol. The Morgan fingerprint density at radius 1 is 1.06 bits per heavy atom. The number of pyridine rings is 1. The van der Waals surface area contributed by atoms with E-state index >= 15 is 0 Å². The van der Waals surface area contributed by atoms with E-state index in [2.05, 4.69) is 26.1 Å². The van der Waals surface area contributed by atoms with E-state index in [4.69, 9.17) is 4.52 Å². The van der Waals surface area contributed by atoms with Crippen LogP contribution >= 0.6 is 0 Å². The lowest BCUT2D eigenvalue weighted by Crippen LogP contribution is -2.47. The second kappa shape index (κ2) is 6.94. The Labute approximate surface area is 178 Å². The molecule has 2 bridgehead atoms. The molecule has 6 rings (SSSR count). The van der Waals surface area contributed by atoms with Crippen molar-refractivity contribution in [2.45, 2.75) is 18.9 Å². The maximum Gasteiger partial charge on any atom is 0.266 e. The number of hydrogen-bond donors (Lipinski definition) is 0. The molecular weight excluding hydrogens is 392 g/mol. The van der Waals surface area contributed by atoms with Gasteiger partial charge >= 0.3 is 0 Å². The molecule has 0 aliphatic carbocycles. The van der Waals surface area contributed by atoms with Gasteiger partial charge in [0, 0.05) is 56.3 Å². The highest BCUT2D eigenvalue weighted by molar-refractivity contribution is 5.56. The number of aromatic nitrogens is 5. The molecule has 8 nitrogen and oxygen atoms in total. The third-order valence-electron chi connectivity index (χ3n) is 6.39. The van der Waals surface area contributed by atoms with Gasteiger partial charge in [0.1, 0.15) is 5.82 Å². The summed E-state index contributed by atoms with van der Waals surface area (Å²) in [6.45, 7) is 2.27. The molecule has 156 valence electrons. The van der Waals surface area contributed by atoms with Crippen LogP contribution in [0, 0.1) is 5.92 Å². The summed E-state index contributed by atoms with van der Waals surface area (Å²) in [5.41, 5.74) is 2.69. The highest BCUT2D eigenvalue weighted by Crippen LogP contribution is 2.37. The summed E-state index contributed by atoms with van der Waals surface area (Å²) in [6, 6.07) is 13.8. The third kappa shape index (κ3) is 2.98. The lowest BCUT2D eigenvalue weighted by atomic mass is 9.83. The highest BCUT2D eigenvalue weighted by Gasteiger charge is 2.36. The Balaban J connectivity index is 1.31. The van der Waals surface area contributed by atoms with Crippen molar-refractivity contribution in [3.8, 4) is 22.8 Å². The molecule has 4 aromatic rings. The number of hydrogen-bond acceptors (Lipinski definition) is 6. The maximum absolute atomic E-state index is 13.3. The van der Waals surface area contributed by atoms with Crippen molar-refractivity contribution in [2.75, 3.05) is 18.0 Å². The van der Waals surface area contributed by atoms with E-state index < -0.39 is 0 Å². The molecule has 5 heterocycles. The van der Waals surface area contributed by atoms with Gasteiger partial charge in [-0.1, -0.05) is 18.2 Å². The Morgan fingerprint density at radius 3 is 2.74 bits per heavy atom. The summed E-state index contributed by atoms with van der Waals surface area (Å²) in [4.78, 5) is 24.4. The number of rotatable bonds is 3. The number of nitrogens with zero attached hydrogens (tertiary/aromatic N) is 6. The fourth-order valence-corrected chi connectivity index (χ4v) is 4.95.